The second-order valence-corrected chi connectivity index (χ2v) is 20.8. The number of esters is 1. The van der Waals surface area contributed by atoms with E-state index in [4.69, 9.17) is 15.6 Å². The smallest absolute Gasteiger partial charge is 0.331 e. The number of halogens is 2. The van der Waals surface area contributed by atoms with Gasteiger partial charge in [0.2, 0.25) is 0 Å². The summed E-state index contributed by atoms with van der Waals surface area (Å²) in [5.41, 5.74) is 31.4. The van der Waals surface area contributed by atoms with Crippen LogP contribution >= 0.6 is 0 Å². The Bertz CT molecular complexity index is 3980. The maximum Gasteiger partial charge on any atom is 0.331 e. The Morgan fingerprint density at radius 3 is 1.02 bits per heavy atom. The van der Waals surface area contributed by atoms with Gasteiger partial charge in [0.15, 0.2) is 0 Å². The molecule has 0 saturated heterocycles. The van der Waals surface area contributed by atoms with Crippen LogP contribution in [0.25, 0.3) is 66.8 Å². The van der Waals surface area contributed by atoms with Crippen molar-refractivity contribution >= 4 is 34.5 Å². The molecule has 14 rings (SSSR count). The molecule has 0 fully saturated rings. The highest BCUT2D eigenvalue weighted by Crippen LogP contribution is 2.47. The Hall–Kier alpha value is -9.96. The number of aliphatic hydroxyl groups excluding tert-OH is 1. The molecule has 440 valence electrons. The molecular formula is C80H72F2N2O4. The first kappa shape index (κ1) is 62.6. The van der Waals surface area contributed by atoms with E-state index >= 15 is 0 Å². The fourth-order valence-electron chi connectivity index (χ4n) is 11.4. The molecule has 0 amide bonds. The molecule has 0 saturated carbocycles. The highest BCUT2D eigenvalue weighted by molar-refractivity contribution is 6.07. The average molecular weight is 1160 g/mol. The van der Waals surface area contributed by atoms with E-state index in [1.165, 1.54) is 96.6 Å². The Morgan fingerprint density at radius 2 is 0.727 bits per heavy atom. The van der Waals surface area contributed by atoms with E-state index in [2.05, 4.69) is 140 Å². The van der Waals surface area contributed by atoms with Gasteiger partial charge in [-0.15, -0.1) is 0 Å². The van der Waals surface area contributed by atoms with Gasteiger partial charge in [-0.1, -0.05) is 244 Å². The van der Waals surface area contributed by atoms with Crippen LogP contribution < -0.4 is 11.1 Å². The first-order valence-electron chi connectivity index (χ1n) is 29.9. The SMILES string of the molecule is CC.CCOC(=O)C=C1c2ccccc2-c2ccccc21.C[C@@H](N)c1ccc(F)cc1.C[C@@H](NCC=C1c2ccccc2-c2ccccc21)c1ccc(F)cc1.O=CC=C1c2ccccc2-c2ccccc21.OCC=C1c2ccccc2-c2ccccc21. The van der Waals surface area contributed by atoms with Crippen molar-refractivity contribution in [1.82, 2.24) is 5.32 Å². The fraction of sp³-hybridized carbons (Fsp3) is 0.125. The maximum atomic E-state index is 13.1. The third-order valence-corrected chi connectivity index (χ3v) is 15.5. The van der Waals surface area contributed by atoms with Gasteiger partial charge in [-0.05, 0) is 174 Å². The summed E-state index contributed by atoms with van der Waals surface area (Å²) in [6.07, 6.45) is 8.22. The molecule has 4 N–H and O–H groups in total. The second kappa shape index (κ2) is 30.4. The normalized spacial score (nSPS) is 12.2. The average Bonchev–Trinajstić information content (AvgIpc) is 2.22. The van der Waals surface area contributed by atoms with Crippen LogP contribution in [0.1, 0.15) is 102 Å². The van der Waals surface area contributed by atoms with Crippen LogP contribution in [0.5, 0.6) is 0 Å². The van der Waals surface area contributed by atoms with Crippen LogP contribution in [0.2, 0.25) is 0 Å². The summed E-state index contributed by atoms with van der Waals surface area (Å²) in [7, 11) is 0. The van der Waals surface area contributed by atoms with Gasteiger partial charge < -0.3 is 20.9 Å². The lowest BCUT2D eigenvalue weighted by Crippen LogP contribution is -2.18. The number of nitrogens with one attached hydrogen (secondary N) is 1. The number of benzene rings is 10. The largest absolute Gasteiger partial charge is 0.463 e. The van der Waals surface area contributed by atoms with Gasteiger partial charge in [0.25, 0.3) is 0 Å². The Morgan fingerprint density at radius 1 is 0.443 bits per heavy atom. The van der Waals surface area contributed by atoms with Gasteiger partial charge in [-0.25, -0.2) is 13.6 Å². The Labute approximate surface area is 516 Å². The van der Waals surface area contributed by atoms with Crippen molar-refractivity contribution in [3.8, 4) is 44.5 Å². The van der Waals surface area contributed by atoms with Crippen molar-refractivity contribution in [2.45, 2.75) is 46.7 Å². The minimum atomic E-state index is -0.288. The van der Waals surface area contributed by atoms with E-state index in [1.54, 1.807) is 24.3 Å². The molecule has 0 unspecified atom stereocenters. The highest BCUT2D eigenvalue weighted by Gasteiger charge is 2.26. The maximum absolute atomic E-state index is 13.1. The lowest BCUT2D eigenvalue weighted by Gasteiger charge is -2.13. The summed E-state index contributed by atoms with van der Waals surface area (Å²) in [6.45, 7) is 11.0. The number of aliphatic hydroxyl groups is 1. The molecule has 6 nitrogen and oxygen atoms in total. The molecule has 88 heavy (non-hydrogen) atoms. The number of carbonyl (C=O) groups is 2. The quantitative estimate of drug-likeness (QED) is 0.0756. The number of fused-ring (bicyclic) bond motifs is 12. The molecular weight excluding hydrogens is 1090 g/mol. The number of aldehydes is 1. The van der Waals surface area contributed by atoms with Crippen molar-refractivity contribution in [2.75, 3.05) is 19.8 Å². The molecule has 10 aromatic rings. The van der Waals surface area contributed by atoms with Crippen LogP contribution in [0.15, 0.2) is 267 Å². The minimum absolute atomic E-state index is 0.0133. The van der Waals surface area contributed by atoms with E-state index in [0.717, 1.165) is 62.9 Å². The number of ether oxygens (including phenoxy) is 1. The van der Waals surface area contributed by atoms with Gasteiger partial charge in [0.05, 0.1) is 13.2 Å². The molecule has 8 heteroatoms. The third kappa shape index (κ3) is 14.3. The molecule has 0 aliphatic heterocycles. The second-order valence-electron chi connectivity index (χ2n) is 20.8. The predicted octanol–water partition coefficient (Wildman–Crippen LogP) is 18.5. The van der Waals surface area contributed by atoms with Crippen molar-refractivity contribution in [3.63, 3.8) is 0 Å². The summed E-state index contributed by atoms with van der Waals surface area (Å²) in [4.78, 5) is 22.4. The summed E-state index contributed by atoms with van der Waals surface area (Å²) in [6, 6.07) is 79.5. The predicted molar refractivity (Wildman–Crippen MR) is 359 cm³/mol. The number of nitrogens with two attached hydrogens (primary N) is 1. The molecule has 4 aliphatic rings. The number of hydrogen-bond acceptors (Lipinski definition) is 6. The zero-order valence-electron chi connectivity index (χ0n) is 50.3. The van der Waals surface area contributed by atoms with Gasteiger partial charge >= 0.3 is 5.97 Å². The third-order valence-electron chi connectivity index (χ3n) is 15.5. The topological polar surface area (TPSA) is 102 Å². The molecule has 0 bridgehead atoms. The lowest BCUT2D eigenvalue weighted by molar-refractivity contribution is -0.137. The van der Waals surface area contributed by atoms with E-state index in [0.29, 0.717) is 6.61 Å². The molecule has 0 radical (unpaired) electrons. The number of rotatable bonds is 9. The van der Waals surface area contributed by atoms with E-state index < -0.39 is 0 Å². The summed E-state index contributed by atoms with van der Waals surface area (Å²) in [5, 5.41) is 12.6. The summed E-state index contributed by atoms with van der Waals surface area (Å²) >= 11 is 0. The van der Waals surface area contributed by atoms with Gasteiger partial charge in [-0.2, -0.15) is 0 Å². The molecule has 0 aromatic heterocycles. The van der Waals surface area contributed by atoms with E-state index in [9.17, 15) is 18.4 Å². The van der Waals surface area contributed by atoms with Gasteiger partial charge in [0.1, 0.15) is 17.9 Å². The highest BCUT2D eigenvalue weighted by atomic mass is 19.1. The lowest BCUT2D eigenvalue weighted by atomic mass is 10.0. The van der Waals surface area contributed by atoms with Crippen molar-refractivity contribution < 1.29 is 28.2 Å². The van der Waals surface area contributed by atoms with Crippen LogP contribution in [0.3, 0.4) is 0 Å². The van der Waals surface area contributed by atoms with Crippen molar-refractivity contribution in [2.24, 2.45) is 5.73 Å². The molecule has 0 spiro atoms. The number of hydrogen-bond donors (Lipinski definition) is 3. The number of carbonyl (C=O) groups excluding carboxylic acids is 2. The fourth-order valence-corrected chi connectivity index (χ4v) is 11.4. The molecule has 0 heterocycles. The van der Waals surface area contributed by atoms with Crippen LogP contribution in [0, 0.1) is 11.6 Å². The molecule has 10 aromatic carbocycles. The summed E-state index contributed by atoms with van der Waals surface area (Å²) in [5.74, 6) is -0.703. The van der Waals surface area contributed by atoms with Gasteiger partial charge in [0, 0.05) is 24.7 Å². The van der Waals surface area contributed by atoms with Crippen LogP contribution in [-0.2, 0) is 14.3 Å². The first-order valence-corrected chi connectivity index (χ1v) is 29.9. The van der Waals surface area contributed by atoms with Crippen LogP contribution in [0.4, 0.5) is 8.78 Å². The van der Waals surface area contributed by atoms with Crippen LogP contribution in [-0.4, -0.2) is 37.1 Å². The monoisotopic (exact) mass is 1160 g/mol. The van der Waals surface area contributed by atoms with Gasteiger partial charge in [-0.3, -0.25) is 4.79 Å². The van der Waals surface area contributed by atoms with Crippen molar-refractivity contribution in [3.05, 3.63) is 334 Å². The van der Waals surface area contributed by atoms with Crippen molar-refractivity contribution in [1.29, 1.82) is 0 Å². The Kier molecular flexibility index (Phi) is 21.6. The first-order chi connectivity index (χ1) is 43.1. The zero-order valence-corrected chi connectivity index (χ0v) is 50.3. The zero-order chi connectivity index (χ0) is 61.9. The number of allylic oxidation sites excluding steroid dienone is 1. The minimum Gasteiger partial charge on any atom is -0.463 e. The Balaban J connectivity index is 0.000000133. The molecule has 2 atom stereocenters. The van der Waals surface area contributed by atoms with E-state index in [-0.39, 0.29) is 36.3 Å². The summed E-state index contributed by atoms with van der Waals surface area (Å²) < 4.78 is 30.4. The molecule has 4 aliphatic carbocycles. The van der Waals surface area contributed by atoms with E-state index in [1.807, 2.05) is 119 Å². The standard InChI is InChI=1S/C23H20FN.C17H14O2.C15H12O.C15H10O.C8H10FN.C2H6/c1-16(17-10-12-18(24)13-11-17)25-15-14-23-21-8-4-2-6-19(21)20-7-3-5-9-22(20)23;1-2-19-17(18)11-16-14-9-5-3-7-12(14)13-8-4-6-10-15(13)16;2*16-10-9-15-13-7-3-1-5-11(13)12-6-2-4-8-14(12)15;1-6(10)7-2-4-8(9)5-3-7;1-2/h2-14,16,25H,15H2,1H3;3-11H,2H2,1H3;1-9,16H,10H2;1-10H;2-6H,10H2,1H3;1-2H3/t16-;;;;6-;/m1...1./s1.